The maximum absolute atomic E-state index is 12.3. The van der Waals surface area contributed by atoms with Crippen molar-refractivity contribution in [2.24, 2.45) is 0 Å². The Balaban J connectivity index is 1.62. The van der Waals surface area contributed by atoms with Gasteiger partial charge < -0.3 is 10.2 Å². The average Bonchev–Trinajstić information content (AvgIpc) is 2.63. The summed E-state index contributed by atoms with van der Waals surface area (Å²) in [6.07, 6.45) is 4.22. The second-order valence-electron chi connectivity index (χ2n) is 6.22. The van der Waals surface area contributed by atoms with Crippen LogP contribution in [0.1, 0.15) is 30.4 Å². The number of benzene rings is 2. The summed E-state index contributed by atoms with van der Waals surface area (Å²) in [5, 5.41) is 3.07. The lowest BCUT2D eigenvalue weighted by Crippen LogP contribution is -2.31. The Morgan fingerprint density at radius 2 is 1.62 bits per heavy atom. The molecule has 1 N–H and O–H groups in total. The molecule has 1 aliphatic heterocycles. The fraction of sp³-hybridized carbons (Fsp3) is 0.350. The first-order chi connectivity index (χ1) is 11.7. The van der Waals surface area contributed by atoms with Crippen LogP contribution in [0.4, 0.5) is 5.69 Å². The highest BCUT2D eigenvalue weighted by Gasteiger charge is 2.14. The zero-order valence-corrected chi connectivity index (χ0v) is 15.4. The van der Waals surface area contributed by atoms with Crippen molar-refractivity contribution in [2.75, 3.05) is 18.0 Å². The summed E-state index contributed by atoms with van der Waals surface area (Å²) < 4.78 is 0.980. The summed E-state index contributed by atoms with van der Waals surface area (Å²) in [6.45, 7) is 2.81. The molecule has 0 spiro atoms. The zero-order chi connectivity index (χ0) is 16.8. The Bertz CT molecular complexity index is 696. The van der Waals surface area contributed by atoms with Gasteiger partial charge in [0.15, 0.2) is 0 Å². The molecule has 1 fully saturated rings. The molecule has 126 valence electrons. The molecule has 1 heterocycles. The molecule has 1 amide bonds. The number of para-hydroxylation sites is 1. The first kappa shape index (κ1) is 17.0. The van der Waals surface area contributed by atoms with Gasteiger partial charge in [-0.15, -0.1) is 0 Å². The fourth-order valence-corrected chi connectivity index (χ4v) is 3.60. The van der Waals surface area contributed by atoms with Gasteiger partial charge in [0.1, 0.15) is 0 Å². The van der Waals surface area contributed by atoms with E-state index in [4.69, 9.17) is 0 Å². The van der Waals surface area contributed by atoms with Crippen molar-refractivity contribution in [3.63, 3.8) is 0 Å². The molecule has 24 heavy (non-hydrogen) atoms. The number of hydrogen-bond acceptors (Lipinski definition) is 2. The summed E-state index contributed by atoms with van der Waals surface area (Å²) in [7, 11) is 0. The van der Waals surface area contributed by atoms with E-state index in [1.54, 1.807) is 0 Å². The molecule has 0 bridgehead atoms. The molecular formula is C20H23BrN2O. The van der Waals surface area contributed by atoms with E-state index in [1.165, 1.54) is 30.5 Å². The second kappa shape index (κ2) is 8.34. The molecule has 0 saturated carbocycles. The lowest BCUT2D eigenvalue weighted by molar-refractivity contribution is -0.120. The average molecular weight is 387 g/mol. The predicted octanol–water partition coefficient (Wildman–Crippen LogP) is 4.30. The molecule has 1 aliphatic rings. The van der Waals surface area contributed by atoms with E-state index in [0.717, 1.165) is 23.1 Å². The van der Waals surface area contributed by atoms with E-state index in [9.17, 15) is 4.79 Å². The number of carbonyl (C=O) groups is 1. The Kier molecular flexibility index (Phi) is 5.91. The summed E-state index contributed by atoms with van der Waals surface area (Å²) in [4.78, 5) is 14.7. The normalized spacial score (nSPS) is 14.5. The minimum Gasteiger partial charge on any atom is -0.371 e. The van der Waals surface area contributed by atoms with Crippen LogP contribution in [0, 0.1) is 0 Å². The number of hydrogen-bond donors (Lipinski definition) is 1. The Morgan fingerprint density at radius 1 is 0.958 bits per heavy atom. The molecule has 4 heteroatoms. The smallest absolute Gasteiger partial charge is 0.224 e. The van der Waals surface area contributed by atoms with Crippen LogP contribution >= 0.6 is 15.9 Å². The van der Waals surface area contributed by atoms with Crippen LogP contribution in [-0.4, -0.2) is 19.0 Å². The number of carbonyl (C=O) groups excluding carboxylic acids is 1. The first-order valence-corrected chi connectivity index (χ1v) is 9.36. The van der Waals surface area contributed by atoms with Crippen molar-refractivity contribution >= 4 is 27.5 Å². The van der Waals surface area contributed by atoms with Gasteiger partial charge in [-0.25, -0.2) is 0 Å². The van der Waals surface area contributed by atoms with Crippen LogP contribution in [0.25, 0.3) is 0 Å². The molecular weight excluding hydrogens is 364 g/mol. The summed E-state index contributed by atoms with van der Waals surface area (Å²) >= 11 is 3.50. The third kappa shape index (κ3) is 4.38. The van der Waals surface area contributed by atoms with Crippen LogP contribution in [0.5, 0.6) is 0 Å². The maximum Gasteiger partial charge on any atom is 0.224 e. The van der Waals surface area contributed by atoms with Crippen molar-refractivity contribution < 1.29 is 4.79 Å². The van der Waals surface area contributed by atoms with Gasteiger partial charge >= 0.3 is 0 Å². The van der Waals surface area contributed by atoms with Gasteiger partial charge in [0.05, 0.1) is 6.42 Å². The molecule has 0 unspecified atom stereocenters. The summed E-state index contributed by atoms with van der Waals surface area (Å²) in [5.41, 5.74) is 3.47. The lowest BCUT2D eigenvalue weighted by atomic mass is 10.1. The molecule has 0 aromatic heterocycles. The standard InChI is InChI=1S/C20H23BrN2O/c21-18-10-4-2-8-16(18)14-20(24)22-15-17-9-3-5-11-19(17)23-12-6-1-7-13-23/h2-5,8-11H,1,6-7,12-15H2,(H,22,24). The number of halogens is 1. The molecule has 0 atom stereocenters. The van der Waals surface area contributed by atoms with Gasteiger partial charge in [-0.2, -0.15) is 0 Å². The molecule has 0 radical (unpaired) electrons. The third-order valence-corrected chi connectivity index (χ3v) is 5.25. The number of rotatable bonds is 5. The van der Waals surface area contributed by atoms with E-state index < -0.39 is 0 Å². The van der Waals surface area contributed by atoms with E-state index in [-0.39, 0.29) is 5.91 Å². The van der Waals surface area contributed by atoms with Crippen LogP contribution in [0.2, 0.25) is 0 Å². The number of anilines is 1. The van der Waals surface area contributed by atoms with Crippen LogP contribution in [-0.2, 0) is 17.8 Å². The van der Waals surface area contributed by atoms with Crippen LogP contribution < -0.4 is 10.2 Å². The SMILES string of the molecule is O=C(Cc1ccccc1Br)NCc1ccccc1N1CCCCC1. The maximum atomic E-state index is 12.3. The molecule has 1 saturated heterocycles. The second-order valence-corrected chi connectivity index (χ2v) is 7.08. The lowest BCUT2D eigenvalue weighted by Gasteiger charge is -2.30. The predicted molar refractivity (Wildman–Crippen MR) is 102 cm³/mol. The largest absolute Gasteiger partial charge is 0.371 e. The minimum absolute atomic E-state index is 0.0512. The highest BCUT2D eigenvalue weighted by molar-refractivity contribution is 9.10. The highest BCUT2D eigenvalue weighted by atomic mass is 79.9. The van der Waals surface area contributed by atoms with E-state index >= 15 is 0 Å². The van der Waals surface area contributed by atoms with E-state index in [0.29, 0.717) is 13.0 Å². The molecule has 0 aliphatic carbocycles. The van der Waals surface area contributed by atoms with E-state index in [1.807, 2.05) is 30.3 Å². The van der Waals surface area contributed by atoms with Crippen molar-refractivity contribution in [3.05, 3.63) is 64.1 Å². The number of nitrogens with one attached hydrogen (secondary N) is 1. The van der Waals surface area contributed by atoms with Crippen molar-refractivity contribution in [1.29, 1.82) is 0 Å². The van der Waals surface area contributed by atoms with Gasteiger partial charge in [-0.1, -0.05) is 52.3 Å². The number of nitrogens with zero attached hydrogens (tertiary/aromatic N) is 1. The monoisotopic (exact) mass is 386 g/mol. The van der Waals surface area contributed by atoms with Gasteiger partial charge in [-0.3, -0.25) is 4.79 Å². The minimum atomic E-state index is 0.0512. The number of piperidine rings is 1. The third-order valence-electron chi connectivity index (χ3n) is 4.47. The molecule has 3 rings (SSSR count). The van der Waals surface area contributed by atoms with Crippen molar-refractivity contribution in [2.45, 2.75) is 32.2 Å². The summed E-state index contributed by atoms with van der Waals surface area (Å²) in [6, 6.07) is 16.3. The summed E-state index contributed by atoms with van der Waals surface area (Å²) in [5.74, 6) is 0.0512. The van der Waals surface area contributed by atoms with Crippen LogP contribution in [0.15, 0.2) is 53.0 Å². The first-order valence-electron chi connectivity index (χ1n) is 8.57. The Hall–Kier alpha value is -1.81. The Morgan fingerprint density at radius 3 is 2.38 bits per heavy atom. The Labute approximate surface area is 152 Å². The van der Waals surface area contributed by atoms with Gasteiger partial charge in [-0.05, 0) is 42.5 Å². The zero-order valence-electron chi connectivity index (χ0n) is 13.8. The van der Waals surface area contributed by atoms with Crippen molar-refractivity contribution in [3.8, 4) is 0 Å². The van der Waals surface area contributed by atoms with Gasteiger partial charge in [0, 0.05) is 29.8 Å². The molecule has 3 nitrogen and oxygen atoms in total. The highest BCUT2D eigenvalue weighted by Crippen LogP contribution is 2.24. The fourth-order valence-electron chi connectivity index (χ4n) is 3.17. The van der Waals surface area contributed by atoms with E-state index in [2.05, 4.69) is 44.3 Å². The van der Waals surface area contributed by atoms with Gasteiger partial charge in [0.2, 0.25) is 5.91 Å². The molecule has 2 aromatic carbocycles. The van der Waals surface area contributed by atoms with Gasteiger partial charge in [0.25, 0.3) is 0 Å². The topological polar surface area (TPSA) is 32.3 Å². The van der Waals surface area contributed by atoms with Crippen molar-refractivity contribution in [1.82, 2.24) is 5.32 Å². The quantitative estimate of drug-likeness (QED) is 0.830. The molecule has 2 aromatic rings. The van der Waals surface area contributed by atoms with Crippen LogP contribution in [0.3, 0.4) is 0 Å². The number of amides is 1.